The highest BCUT2D eigenvalue weighted by atomic mass is 32.2. The summed E-state index contributed by atoms with van der Waals surface area (Å²) in [6.07, 6.45) is -0.319. The minimum absolute atomic E-state index is 0.0366. The first-order valence-electron chi connectivity index (χ1n) is 6.73. The lowest BCUT2D eigenvalue weighted by Crippen LogP contribution is -2.61. The maximum atomic E-state index is 12.1. The topological polar surface area (TPSA) is 121 Å². The third-order valence-electron chi connectivity index (χ3n) is 3.98. The molecule has 1 saturated heterocycles. The molecule has 2 N–H and O–H groups in total. The SMILES string of the molecule is CC(O)C1C(=O)N2C(C(=O)O)=C(CSc3nnnn3C)CC12. The molecule has 2 aliphatic rings. The van der Waals surface area contributed by atoms with Crippen LogP contribution in [-0.4, -0.2) is 65.1 Å². The molecule has 3 atom stereocenters. The second-order valence-electron chi connectivity index (χ2n) is 5.38. The number of carboxylic acids is 1. The lowest BCUT2D eigenvalue weighted by Gasteiger charge is -2.44. The summed E-state index contributed by atoms with van der Waals surface area (Å²) in [6.45, 7) is 1.55. The van der Waals surface area contributed by atoms with Gasteiger partial charge in [-0.25, -0.2) is 9.48 Å². The lowest BCUT2D eigenvalue weighted by atomic mass is 9.83. The molecule has 0 radical (unpaired) electrons. The van der Waals surface area contributed by atoms with Gasteiger partial charge in [-0.3, -0.25) is 4.79 Å². The average molecular weight is 325 g/mol. The van der Waals surface area contributed by atoms with Crippen molar-refractivity contribution in [3.8, 4) is 0 Å². The Morgan fingerprint density at radius 1 is 1.55 bits per heavy atom. The Morgan fingerprint density at radius 3 is 2.82 bits per heavy atom. The fourth-order valence-electron chi connectivity index (χ4n) is 2.99. The van der Waals surface area contributed by atoms with Crippen molar-refractivity contribution in [3.05, 3.63) is 11.3 Å². The van der Waals surface area contributed by atoms with Crippen molar-refractivity contribution in [1.82, 2.24) is 25.1 Å². The molecule has 3 rings (SSSR count). The molecule has 0 bridgehead atoms. The van der Waals surface area contributed by atoms with Crippen molar-refractivity contribution < 1.29 is 19.8 Å². The molecule has 1 aromatic heterocycles. The zero-order valence-corrected chi connectivity index (χ0v) is 12.8. The molecule has 0 saturated carbocycles. The van der Waals surface area contributed by atoms with Crippen LogP contribution in [0.5, 0.6) is 0 Å². The lowest BCUT2D eigenvalue weighted by molar-refractivity contribution is -0.161. The summed E-state index contributed by atoms with van der Waals surface area (Å²) in [5, 5.41) is 30.7. The minimum atomic E-state index is -1.12. The molecule has 3 unspecified atom stereocenters. The summed E-state index contributed by atoms with van der Waals surface area (Å²) >= 11 is 1.32. The molecule has 3 heterocycles. The molecule has 1 aromatic rings. The zero-order valence-electron chi connectivity index (χ0n) is 12.0. The van der Waals surface area contributed by atoms with Gasteiger partial charge < -0.3 is 15.1 Å². The Kier molecular flexibility index (Phi) is 3.65. The maximum Gasteiger partial charge on any atom is 0.352 e. The fraction of sp³-hybridized carbons (Fsp3) is 0.583. The number of amides is 1. The third kappa shape index (κ3) is 2.18. The molecule has 0 spiro atoms. The second kappa shape index (κ2) is 5.36. The quantitative estimate of drug-likeness (QED) is 0.536. The Hall–Kier alpha value is -1.94. The van der Waals surface area contributed by atoms with Gasteiger partial charge in [0.1, 0.15) is 5.70 Å². The van der Waals surface area contributed by atoms with Crippen molar-refractivity contribution >= 4 is 23.6 Å². The van der Waals surface area contributed by atoms with Crippen LogP contribution in [0.15, 0.2) is 16.4 Å². The van der Waals surface area contributed by atoms with E-state index in [4.69, 9.17) is 0 Å². The van der Waals surface area contributed by atoms with E-state index in [-0.39, 0.29) is 17.6 Å². The van der Waals surface area contributed by atoms with E-state index in [9.17, 15) is 19.8 Å². The molecule has 22 heavy (non-hydrogen) atoms. The van der Waals surface area contributed by atoms with E-state index in [0.717, 1.165) is 0 Å². The molecule has 1 fully saturated rings. The van der Waals surface area contributed by atoms with Gasteiger partial charge in [-0.05, 0) is 29.3 Å². The van der Waals surface area contributed by atoms with Gasteiger partial charge in [0.15, 0.2) is 0 Å². The summed E-state index contributed by atoms with van der Waals surface area (Å²) in [5.41, 5.74) is 0.705. The number of β-lactam (4-membered cyclic amide) rings is 1. The maximum absolute atomic E-state index is 12.1. The van der Waals surface area contributed by atoms with E-state index < -0.39 is 18.0 Å². The van der Waals surface area contributed by atoms with Crippen LogP contribution in [0, 0.1) is 5.92 Å². The highest BCUT2D eigenvalue weighted by Crippen LogP contribution is 2.44. The van der Waals surface area contributed by atoms with E-state index in [1.54, 1.807) is 14.0 Å². The predicted octanol–water partition coefficient (Wildman–Crippen LogP) is -0.748. The Bertz CT molecular complexity index is 670. The Morgan fingerprint density at radius 2 is 2.27 bits per heavy atom. The van der Waals surface area contributed by atoms with E-state index >= 15 is 0 Å². The highest BCUT2D eigenvalue weighted by molar-refractivity contribution is 7.99. The number of aliphatic hydroxyl groups excluding tert-OH is 1. The normalized spacial score (nSPS) is 25.2. The summed E-state index contributed by atoms with van der Waals surface area (Å²) in [7, 11) is 1.70. The monoisotopic (exact) mass is 325 g/mol. The van der Waals surface area contributed by atoms with Gasteiger partial charge in [0.05, 0.1) is 18.1 Å². The van der Waals surface area contributed by atoms with Gasteiger partial charge in [-0.2, -0.15) is 0 Å². The Labute approximate surface area is 130 Å². The summed E-state index contributed by atoms with van der Waals surface area (Å²) < 4.78 is 1.50. The van der Waals surface area contributed by atoms with E-state index in [0.29, 0.717) is 22.9 Å². The molecule has 0 aliphatic carbocycles. The largest absolute Gasteiger partial charge is 0.477 e. The van der Waals surface area contributed by atoms with E-state index in [1.165, 1.54) is 21.3 Å². The van der Waals surface area contributed by atoms with Gasteiger partial charge >= 0.3 is 5.97 Å². The first-order chi connectivity index (χ1) is 10.4. The average Bonchev–Trinajstić information content (AvgIpc) is 2.97. The van der Waals surface area contributed by atoms with Gasteiger partial charge in [0.2, 0.25) is 11.1 Å². The third-order valence-corrected chi connectivity index (χ3v) is 5.08. The van der Waals surface area contributed by atoms with Crippen LogP contribution in [0.3, 0.4) is 0 Å². The predicted molar refractivity (Wildman–Crippen MR) is 74.6 cm³/mol. The second-order valence-corrected chi connectivity index (χ2v) is 6.32. The number of nitrogens with zero attached hydrogens (tertiary/aromatic N) is 5. The number of rotatable bonds is 5. The number of aliphatic hydroxyl groups is 1. The number of hydrogen-bond donors (Lipinski definition) is 2. The zero-order chi connectivity index (χ0) is 16.0. The highest BCUT2D eigenvalue weighted by Gasteiger charge is 2.56. The summed E-state index contributed by atoms with van der Waals surface area (Å²) in [4.78, 5) is 24.8. The van der Waals surface area contributed by atoms with Crippen LogP contribution in [0.2, 0.25) is 0 Å². The first kappa shape index (κ1) is 15.0. The van der Waals surface area contributed by atoms with Gasteiger partial charge in [-0.1, -0.05) is 11.8 Å². The van der Waals surface area contributed by atoms with Crippen LogP contribution in [0.25, 0.3) is 0 Å². The molecule has 1 amide bonds. The molecular weight excluding hydrogens is 310 g/mol. The smallest absolute Gasteiger partial charge is 0.352 e. The molecule has 2 aliphatic heterocycles. The minimum Gasteiger partial charge on any atom is -0.477 e. The molecule has 0 aromatic carbocycles. The molecule has 10 heteroatoms. The number of fused-ring (bicyclic) bond motifs is 1. The number of hydrogen-bond acceptors (Lipinski definition) is 7. The fourth-order valence-corrected chi connectivity index (χ4v) is 3.86. The number of carbonyl (C=O) groups excluding carboxylic acids is 1. The van der Waals surface area contributed by atoms with Crippen LogP contribution >= 0.6 is 11.8 Å². The molecule has 9 nitrogen and oxygen atoms in total. The van der Waals surface area contributed by atoms with E-state index in [2.05, 4.69) is 15.5 Å². The van der Waals surface area contributed by atoms with Crippen molar-refractivity contribution in [2.75, 3.05) is 5.75 Å². The van der Waals surface area contributed by atoms with Crippen LogP contribution in [0.4, 0.5) is 0 Å². The standard InChI is InChI=1S/C12H15N5O4S/c1-5(18)8-7-3-6(4-22-12-13-14-15-16(12)2)9(11(20)21)17(7)10(8)19/h5,7-8,18H,3-4H2,1-2H3,(H,20,21). The van der Waals surface area contributed by atoms with Crippen LogP contribution < -0.4 is 0 Å². The van der Waals surface area contributed by atoms with Crippen molar-refractivity contribution in [1.29, 1.82) is 0 Å². The van der Waals surface area contributed by atoms with Crippen molar-refractivity contribution in [3.63, 3.8) is 0 Å². The van der Waals surface area contributed by atoms with Crippen LogP contribution in [0.1, 0.15) is 13.3 Å². The Balaban J connectivity index is 1.80. The number of aryl methyl sites for hydroxylation is 1. The van der Waals surface area contributed by atoms with Crippen molar-refractivity contribution in [2.24, 2.45) is 13.0 Å². The number of carbonyl (C=O) groups is 2. The number of aromatic nitrogens is 4. The first-order valence-corrected chi connectivity index (χ1v) is 7.72. The van der Waals surface area contributed by atoms with Crippen LogP contribution in [-0.2, 0) is 16.6 Å². The van der Waals surface area contributed by atoms with E-state index in [1.807, 2.05) is 0 Å². The summed E-state index contributed by atoms with van der Waals surface area (Å²) in [5.74, 6) is -1.57. The van der Waals surface area contributed by atoms with Gasteiger partial charge in [0, 0.05) is 12.8 Å². The number of tetrazole rings is 1. The molecule has 118 valence electrons. The van der Waals surface area contributed by atoms with Gasteiger partial charge in [-0.15, -0.1) is 5.10 Å². The number of thioether (sulfide) groups is 1. The summed E-state index contributed by atoms with van der Waals surface area (Å²) in [6, 6.07) is -0.258. The van der Waals surface area contributed by atoms with Gasteiger partial charge in [0.25, 0.3) is 0 Å². The molecular formula is C12H15N5O4S. The number of carboxylic acid groups (broad SMARTS) is 1. The van der Waals surface area contributed by atoms with Crippen molar-refractivity contribution in [2.45, 2.75) is 30.6 Å². The number of aliphatic carboxylic acids is 1.